The number of likely N-dealkylation sites (N-methyl/N-ethyl adjacent to an activating group) is 1. The van der Waals surface area contributed by atoms with E-state index in [2.05, 4.69) is 60.5 Å². The molecule has 0 saturated carbocycles. The molecule has 0 aromatic heterocycles. The first-order valence-electron chi connectivity index (χ1n) is 5.87. The Kier molecular flexibility index (Phi) is 3.78. The van der Waals surface area contributed by atoms with Crippen LogP contribution in [0.1, 0.15) is 0 Å². The maximum absolute atomic E-state index is 5.44. The van der Waals surface area contributed by atoms with E-state index >= 15 is 0 Å². The van der Waals surface area contributed by atoms with E-state index in [0.717, 1.165) is 6.54 Å². The average Bonchev–Trinajstić information content (AvgIpc) is 2.38. The molecule has 0 aliphatic heterocycles. The first-order valence-corrected chi connectivity index (χ1v) is 5.87. The summed E-state index contributed by atoms with van der Waals surface area (Å²) >= 11 is 0. The van der Waals surface area contributed by atoms with Gasteiger partial charge in [0, 0.05) is 31.2 Å². The minimum Gasteiger partial charge on any atom is -0.370 e. The summed E-state index contributed by atoms with van der Waals surface area (Å²) in [6, 6.07) is 14.8. The Hall–Kier alpha value is -1.80. The van der Waals surface area contributed by atoms with E-state index in [-0.39, 0.29) is 0 Å². The highest BCUT2D eigenvalue weighted by molar-refractivity contribution is 5.94. The second-order valence-corrected chi connectivity index (χ2v) is 4.09. The maximum Gasteiger partial charge on any atom is 0.0446 e. The summed E-state index contributed by atoms with van der Waals surface area (Å²) in [5.41, 5.74) is 6.69. The van der Waals surface area contributed by atoms with Crippen LogP contribution >= 0.6 is 0 Å². The van der Waals surface area contributed by atoms with Gasteiger partial charge >= 0.3 is 0 Å². The summed E-state index contributed by atoms with van der Waals surface area (Å²) in [6.45, 7) is 1.48. The van der Waals surface area contributed by atoms with Crippen LogP contribution in [0.3, 0.4) is 0 Å². The average molecular weight is 226 g/mol. The van der Waals surface area contributed by atoms with Crippen LogP contribution in [0, 0.1) is 0 Å². The van der Waals surface area contributed by atoms with Gasteiger partial charge in [-0.15, -0.1) is 0 Å². The Balaban J connectivity index is 2.31. The molecule has 0 fully saturated rings. The van der Waals surface area contributed by atoms with E-state index in [0.29, 0.717) is 6.54 Å². The number of rotatable bonds is 4. The quantitative estimate of drug-likeness (QED) is 0.812. The van der Waals surface area contributed by atoms with E-state index in [9.17, 15) is 0 Å². The molecular weight excluding hydrogens is 208 g/mol. The number of hydrogen-bond donors (Lipinski definition) is 1. The Bertz CT molecular complexity index is 512. The fraction of sp³-hybridized carbons (Fsp3) is 0.200. The third kappa shape index (κ3) is 2.66. The number of nitrogens with zero attached hydrogens (tertiary/aromatic N) is 1. The van der Waals surface area contributed by atoms with Gasteiger partial charge in [-0.2, -0.15) is 0 Å². The van der Waals surface area contributed by atoms with Crippen LogP contribution in [0.2, 0.25) is 0 Å². The molecule has 0 saturated heterocycles. The fourth-order valence-corrected chi connectivity index (χ4v) is 1.97. The minimum absolute atomic E-state index is 0.601. The molecule has 0 unspecified atom stereocenters. The van der Waals surface area contributed by atoms with Crippen LogP contribution in [0.5, 0.6) is 0 Å². The smallest absolute Gasteiger partial charge is 0.0446 e. The van der Waals surface area contributed by atoms with Crippen molar-refractivity contribution in [2.24, 2.45) is 5.73 Å². The molecule has 0 aliphatic rings. The van der Waals surface area contributed by atoms with Crippen molar-refractivity contribution in [3.05, 3.63) is 54.6 Å². The second-order valence-electron chi connectivity index (χ2n) is 4.09. The molecule has 0 aliphatic carbocycles. The molecule has 0 heterocycles. The molecule has 2 aromatic rings. The predicted molar refractivity (Wildman–Crippen MR) is 75.4 cm³/mol. The predicted octanol–water partition coefficient (Wildman–Crippen LogP) is 2.79. The molecule has 2 nitrogen and oxygen atoms in total. The first kappa shape index (κ1) is 11.7. The molecule has 17 heavy (non-hydrogen) atoms. The van der Waals surface area contributed by atoms with Crippen molar-refractivity contribution in [2.45, 2.75) is 0 Å². The zero-order chi connectivity index (χ0) is 12.1. The minimum atomic E-state index is 0.601. The summed E-state index contributed by atoms with van der Waals surface area (Å²) in [4.78, 5) is 2.23. The zero-order valence-electron chi connectivity index (χ0n) is 10.1. The van der Waals surface area contributed by atoms with E-state index < -0.39 is 0 Å². The van der Waals surface area contributed by atoms with Crippen LogP contribution in [0.15, 0.2) is 54.6 Å². The SMILES string of the molecule is CN(C/C=C/CN)c1cccc2ccccc12. The highest BCUT2D eigenvalue weighted by atomic mass is 15.1. The Morgan fingerprint density at radius 2 is 1.82 bits per heavy atom. The molecule has 2 N–H and O–H groups in total. The zero-order valence-corrected chi connectivity index (χ0v) is 10.1. The Morgan fingerprint density at radius 3 is 2.65 bits per heavy atom. The summed E-state index contributed by atoms with van der Waals surface area (Å²) in [6.07, 6.45) is 4.09. The van der Waals surface area contributed by atoms with Crippen molar-refractivity contribution in [3.8, 4) is 0 Å². The van der Waals surface area contributed by atoms with E-state index in [1.54, 1.807) is 0 Å². The summed E-state index contributed by atoms with van der Waals surface area (Å²) in [5, 5.41) is 2.57. The lowest BCUT2D eigenvalue weighted by Gasteiger charge is -2.19. The van der Waals surface area contributed by atoms with Crippen molar-refractivity contribution in [2.75, 3.05) is 25.0 Å². The monoisotopic (exact) mass is 226 g/mol. The third-order valence-corrected chi connectivity index (χ3v) is 2.86. The van der Waals surface area contributed by atoms with Gasteiger partial charge in [0.15, 0.2) is 0 Å². The van der Waals surface area contributed by atoms with E-state index in [4.69, 9.17) is 5.73 Å². The van der Waals surface area contributed by atoms with Crippen LogP contribution in [0.4, 0.5) is 5.69 Å². The molecule has 0 amide bonds. The van der Waals surface area contributed by atoms with Crippen molar-refractivity contribution in [1.82, 2.24) is 0 Å². The van der Waals surface area contributed by atoms with E-state index in [1.165, 1.54) is 16.5 Å². The molecule has 0 radical (unpaired) electrons. The molecule has 0 bridgehead atoms. The van der Waals surface area contributed by atoms with Crippen LogP contribution in [-0.4, -0.2) is 20.1 Å². The lowest BCUT2D eigenvalue weighted by atomic mass is 10.1. The number of nitrogens with two attached hydrogens (primary N) is 1. The summed E-state index contributed by atoms with van der Waals surface area (Å²) < 4.78 is 0. The molecule has 0 atom stereocenters. The van der Waals surface area contributed by atoms with Gasteiger partial charge in [0.05, 0.1) is 0 Å². The van der Waals surface area contributed by atoms with Gasteiger partial charge < -0.3 is 10.6 Å². The highest BCUT2D eigenvalue weighted by Crippen LogP contribution is 2.25. The van der Waals surface area contributed by atoms with Crippen LogP contribution < -0.4 is 10.6 Å². The number of hydrogen-bond acceptors (Lipinski definition) is 2. The summed E-state index contributed by atoms with van der Waals surface area (Å²) in [7, 11) is 2.10. The normalized spacial score (nSPS) is 11.2. The van der Waals surface area contributed by atoms with E-state index in [1.807, 2.05) is 6.08 Å². The van der Waals surface area contributed by atoms with Gasteiger partial charge in [0.1, 0.15) is 0 Å². The molecular formula is C15H18N2. The van der Waals surface area contributed by atoms with Gasteiger partial charge in [0.25, 0.3) is 0 Å². The maximum atomic E-state index is 5.44. The number of fused-ring (bicyclic) bond motifs is 1. The van der Waals surface area contributed by atoms with Crippen molar-refractivity contribution in [3.63, 3.8) is 0 Å². The highest BCUT2D eigenvalue weighted by Gasteiger charge is 2.03. The standard InChI is InChI=1S/C15H18N2/c1-17(12-5-4-11-16)15-10-6-8-13-7-2-3-9-14(13)15/h2-10H,11-12,16H2,1H3/b5-4+. The number of benzene rings is 2. The van der Waals surface area contributed by atoms with Gasteiger partial charge in [-0.25, -0.2) is 0 Å². The second kappa shape index (κ2) is 5.51. The molecule has 2 rings (SSSR count). The van der Waals surface area contributed by atoms with Crippen molar-refractivity contribution in [1.29, 1.82) is 0 Å². The lowest BCUT2D eigenvalue weighted by Crippen LogP contribution is -2.17. The van der Waals surface area contributed by atoms with Crippen LogP contribution in [-0.2, 0) is 0 Å². The fourth-order valence-electron chi connectivity index (χ4n) is 1.97. The molecule has 0 spiro atoms. The van der Waals surface area contributed by atoms with Gasteiger partial charge in [-0.05, 0) is 11.5 Å². The van der Waals surface area contributed by atoms with Crippen LogP contribution in [0.25, 0.3) is 10.8 Å². The topological polar surface area (TPSA) is 29.3 Å². The third-order valence-electron chi connectivity index (χ3n) is 2.86. The Morgan fingerprint density at radius 1 is 1.06 bits per heavy atom. The van der Waals surface area contributed by atoms with Crippen molar-refractivity contribution >= 4 is 16.5 Å². The van der Waals surface area contributed by atoms with Gasteiger partial charge in [-0.3, -0.25) is 0 Å². The summed E-state index contributed by atoms with van der Waals surface area (Å²) in [5.74, 6) is 0. The lowest BCUT2D eigenvalue weighted by molar-refractivity contribution is 1.03. The molecule has 2 aromatic carbocycles. The largest absolute Gasteiger partial charge is 0.370 e. The van der Waals surface area contributed by atoms with Crippen molar-refractivity contribution < 1.29 is 0 Å². The first-order chi connectivity index (χ1) is 8.33. The van der Waals surface area contributed by atoms with Gasteiger partial charge in [-0.1, -0.05) is 48.6 Å². The Labute approximate surface area is 102 Å². The molecule has 88 valence electrons. The molecule has 2 heteroatoms. The van der Waals surface area contributed by atoms with Gasteiger partial charge in [0.2, 0.25) is 0 Å². The number of anilines is 1.